The number of hydrogen-bond acceptors (Lipinski definition) is 13. The van der Waals surface area contributed by atoms with Gasteiger partial charge >= 0.3 is 5.97 Å². The van der Waals surface area contributed by atoms with Gasteiger partial charge in [-0.15, -0.1) is 0 Å². The quantitative estimate of drug-likeness (QED) is 0.0349. The molecule has 5 N–H and O–H groups in total. The normalized spacial score (nSPS) is 20.0. The van der Waals surface area contributed by atoms with E-state index in [9.17, 15) is 56.7 Å². The van der Waals surface area contributed by atoms with Crippen molar-refractivity contribution in [3.8, 4) is 0 Å². The summed E-state index contributed by atoms with van der Waals surface area (Å²) in [5.41, 5.74) is 0.513. The van der Waals surface area contributed by atoms with E-state index < -0.39 is 78.6 Å². The van der Waals surface area contributed by atoms with Crippen molar-refractivity contribution in [3.05, 3.63) is 95.8 Å². The minimum Gasteiger partial charge on any atom is -0.481 e. The van der Waals surface area contributed by atoms with Crippen molar-refractivity contribution in [2.45, 2.75) is 73.0 Å². The Morgan fingerprint density at radius 1 is 0.692 bits per heavy atom. The first-order valence-electron chi connectivity index (χ1n) is 20.5. The summed E-state index contributed by atoms with van der Waals surface area (Å²) in [7, 11) is -16.7. The van der Waals surface area contributed by atoms with Gasteiger partial charge in [0, 0.05) is 61.0 Å². The van der Waals surface area contributed by atoms with E-state index >= 15 is 0 Å². The third-order valence-electron chi connectivity index (χ3n) is 11.2. The number of aliphatic carboxylic acids is 1. The number of rotatable bonds is 27. The predicted octanol–water partition coefficient (Wildman–Crippen LogP) is 4.75. The maximum atomic E-state index is 12.2. The molecule has 0 aliphatic carbocycles. The van der Waals surface area contributed by atoms with Crippen LogP contribution in [0.4, 0.5) is 11.4 Å². The summed E-state index contributed by atoms with van der Waals surface area (Å²) in [6, 6.07) is 7.98. The van der Waals surface area contributed by atoms with E-state index in [-0.39, 0.29) is 39.0 Å². The molecule has 0 radical (unpaired) electrons. The lowest BCUT2D eigenvalue weighted by molar-refractivity contribution is -0.438. The summed E-state index contributed by atoms with van der Waals surface area (Å²) in [5, 5.41) is 9.09. The summed E-state index contributed by atoms with van der Waals surface area (Å²) in [5.74, 6) is -2.28. The zero-order valence-corrected chi connectivity index (χ0v) is 39.5. The van der Waals surface area contributed by atoms with Crippen LogP contribution in [0.3, 0.4) is 0 Å². The molecular formula is C42H57N2O17S4+. The third kappa shape index (κ3) is 14.9. The van der Waals surface area contributed by atoms with Crippen LogP contribution in [0.2, 0.25) is 0 Å². The average molecular weight is 990 g/mol. The maximum absolute atomic E-state index is 12.2. The fraction of sp³-hybridized carbons (Fsp3) is 0.476. The molecule has 360 valence electrons. The first kappa shape index (κ1) is 53.5. The van der Waals surface area contributed by atoms with Crippen LogP contribution in [-0.4, -0.2) is 138 Å². The summed E-state index contributed by atoms with van der Waals surface area (Å²) in [6.07, 6.45) is 12.8. The average Bonchev–Trinajstić information content (AvgIpc) is 3.58. The molecule has 19 nitrogen and oxygen atoms in total. The number of fused-ring (bicyclic) bond motifs is 2. The number of nitrogens with zero attached hydrogens (tertiary/aromatic N) is 2. The van der Waals surface area contributed by atoms with Crippen LogP contribution in [0.1, 0.15) is 63.5 Å². The largest absolute Gasteiger partial charge is 0.481 e. The van der Waals surface area contributed by atoms with Gasteiger partial charge in [0.05, 0.1) is 59.7 Å². The van der Waals surface area contributed by atoms with E-state index in [0.717, 1.165) is 0 Å². The molecular weight excluding hydrogens is 933 g/mol. The number of carboxylic acid groups (broad SMARTS) is 1. The Labute approximate surface area is 380 Å². The summed E-state index contributed by atoms with van der Waals surface area (Å²) < 4.78 is 154. The lowest BCUT2D eigenvalue weighted by atomic mass is 9.77. The van der Waals surface area contributed by atoms with Crippen molar-refractivity contribution < 1.29 is 80.6 Å². The number of carboxylic acids is 1. The highest BCUT2D eigenvalue weighted by molar-refractivity contribution is 7.86. The van der Waals surface area contributed by atoms with E-state index in [4.69, 9.17) is 19.3 Å². The maximum Gasteiger partial charge on any atom is 0.303 e. The number of carbonyl (C=O) groups is 1. The molecule has 0 saturated heterocycles. The predicted molar refractivity (Wildman–Crippen MR) is 242 cm³/mol. The lowest BCUT2D eigenvalue weighted by Crippen LogP contribution is -2.33. The molecule has 0 fully saturated rings. The highest BCUT2D eigenvalue weighted by atomic mass is 32.2. The number of ether oxygens (including phenoxy) is 3. The smallest absolute Gasteiger partial charge is 0.303 e. The monoisotopic (exact) mass is 989 g/mol. The lowest BCUT2D eigenvalue weighted by Gasteiger charge is -2.30. The van der Waals surface area contributed by atoms with Crippen LogP contribution >= 0.6 is 0 Å². The van der Waals surface area contributed by atoms with Gasteiger partial charge in [-0.05, 0) is 81.5 Å². The summed E-state index contributed by atoms with van der Waals surface area (Å²) in [6.45, 7) is 5.48. The van der Waals surface area contributed by atoms with Gasteiger partial charge in [0.1, 0.15) is 6.54 Å². The number of methoxy groups -OCH3 is 1. The van der Waals surface area contributed by atoms with Crippen LogP contribution in [0, 0.1) is 0 Å². The fourth-order valence-corrected chi connectivity index (χ4v) is 10.2. The van der Waals surface area contributed by atoms with Crippen LogP contribution in [0.5, 0.6) is 0 Å². The van der Waals surface area contributed by atoms with Crippen molar-refractivity contribution in [3.63, 3.8) is 0 Å². The molecule has 0 aromatic heterocycles. The highest BCUT2D eigenvalue weighted by Gasteiger charge is 2.49. The number of hydrogen-bond donors (Lipinski definition) is 5. The second kappa shape index (κ2) is 22.6. The second-order valence-corrected chi connectivity index (χ2v) is 21.8. The molecule has 2 aromatic rings. The Balaban J connectivity index is 1.72. The van der Waals surface area contributed by atoms with Crippen LogP contribution in [0.15, 0.2) is 94.4 Å². The van der Waals surface area contributed by atoms with Gasteiger partial charge in [-0.2, -0.15) is 38.2 Å². The second-order valence-electron chi connectivity index (χ2n) is 15.8. The number of unbranched alkanes of at least 4 members (excludes halogenated alkanes) is 2. The molecule has 2 heterocycles. The number of allylic oxidation sites excluding steroid dienone is 8. The van der Waals surface area contributed by atoms with Gasteiger partial charge in [0.15, 0.2) is 5.71 Å². The van der Waals surface area contributed by atoms with Crippen molar-refractivity contribution in [2.75, 3.05) is 69.6 Å². The van der Waals surface area contributed by atoms with E-state index in [0.29, 0.717) is 79.5 Å². The first-order valence-corrected chi connectivity index (χ1v) is 26.6. The van der Waals surface area contributed by atoms with Gasteiger partial charge in [0.2, 0.25) is 5.69 Å². The van der Waals surface area contributed by atoms with E-state index in [1.54, 1.807) is 63.5 Å². The van der Waals surface area contributed by atoms with Crippen molar-refractivity contribution in [1.29, 1.82) is 0 Å². The molecule has 0 amide bonds. The molecule has 2 atom stereocenters. The zero-order chi connectivity index (χ0) is 48.3. The Morgan fingerprint density at radius 3 is 1.85 bits per heavy atom. The van der Waals surface area contributed by atoms with Crippen molar-refractivity contribution >= 4 is 63.5 Å². The Hall–Kier alpha value is -4.14. The third-order valence-corrected chi connectivity index (χ3v) is 14.4. The minimum atomic E-state index is -4.66. The molecule has 2 unspecified atom stereocenters. The van der Waals surface area contributed by atoms with Gasteiger partial charge in [-0.1, -0.05) is 30.4 Å². The Morgan fingerprint density at radius 2 is 1.25 bits per heavy atom. The number of benzene rings is 2. The van der Waals surface area contributed by atoms with Crippen LogP contribution in [-0.2, 0) is 70.3 Å². The fourth-order valence-electron chi connectivity index (χ4n) is 7.89. The minimum absolute atomic E-state index is 0.0319. The summed E-state index contributed by atoms with van der Waals surface area (Å²) in [4.78, 5) is 12.1. The van der Waals surface area contributed by atoms with Crippen molar-refractivity contribution in [1.82, 2.24) is 0 Å². The first-order chi connectivity index (χ1) is 30.3. The van der Waals surface area contributed by atoms with E-state index in [1.807, 2.05) is 9.48 Å². The molecule has 65 heavy (non-hydrogen) atoms. The zero-order valence-electron chi connectivity index (χ0n) is 36.3. The molecule has 2 aliphatic rings. The van der Waals surface area contributed by atoms with Crippen LogP contribution < -0.4 is 4.90 Å². The molecule has 0 bridgehead atoms. The standard InChI is InChI=1S/C42H56N2O17S4/c1-41(19-28-62(47,48)49)34-30-32(64(53,54)55)15-17-36(34)43(21-11-7-10-14-40(45)46)38(41)12-8-5-4-6-9-13-39-42(2,20-29-63(50,51)52)35-31-33(65(56,57)58)16-18-37(35)44(39)22-23-60-26-27-61-25-24-59-3/h4-6,8-9,12-13,15-18,30-31H,7,10-11,14,19-29H2,1-3H3,(H4-,45,46,47,48,49,50,51,52,53,54,55,56,57,58)/p+1. The topological polar surface area (TPSA) is 289 Å². The molecule has 4 rings (SSSR count). The van der Waals surface area contributed by atoms with Gasteiger partial charge in [-0.25, -0.2) is 0 Å². The Kier molecular flexibility index (Phi) is 18.6. The van der Waals surface area contributed by atoms with Gasteiger partial charge in [-0.3, -0.25) is 23.0 Å². The van der Waals surface area contributed by atoms with Gasteiger partial charge in [0.25, 0.3) is 40.5 Å². The summed E-state index contributed by atoms with van der Waals surface area (Å²) >= 11 is 0. The molecule has 0 spiro atoms. The molecule has 2 aromatic carbocycles. The highest BCUT2D eigenvalue weighted by Crippen LogP contribution is 2.51. The molecule has 2 aliphatic heterocycles. The molecule has 23 heteroatoms. The van der Waals surface area contributed by atoms with Gasteiger partial charge < -0.3 is 24.2 Å². The molecule has 0 saturated carbocycles. The van der Waals surface area contributed by atoms with E-state index in [2.05, 4.69) is 0 Å². The van der Waals surface area contributed by atoms with Crippen molar-refractivity contribution in [2.24, 2.45) is 0 Å². The van der Waals surface area contributed by atoms with E-state index in [1.165, 1.54) is 36.4 Å². The number of anilines is 1. The van der Waals surface area contributed by atoms with Crippen LogP contribution in [0.25, 0.3) is 0 Å². The SMILES string of the molecule is COCCOCCOCCN1/C(=C/C=C/C=C/C=C/C2=[N+](CCCCCC(=O)O)c3ccc(S(=O)(=O)O)cc3C2(C)CCS(=O)(=O)O)C(C)(CCS(=O)(=O)O)c2cc(S(=O)(=O)O)ccc21. The Bertz CT molecular complexity index is 2660.